The number of phenolic OH excluding ortho intramolecular Hbond substituents is 1. The maximum absolute atomic E-state index is 12.1. The van der Waals surface area contributed by atoms with E-state index in [9.17, 15) is 14.7 Å². The predicted octanol–water partition coefficient (Wildman–Crippen LogP) is 3.53. The minimum atomic E-state index is -0.551. The van der Waals surface area contributed by atoms with Crippen LogP contribution in [0.2, 0.25) is 0 Å². The van der Waals surface area contributed by atoms with Crippen molar-refractivity contribution in [1.82, 2.24) is 0 Å². The molecule has 0 amide bonds. The first-order chi connectivity index (χ1) is 11.0. The van der Waals surface area contributed by atoms with E-state index in [0.717, 1.165) is 5.56 Å². The Labute approximate surface area is 135 Å². The molecule has 0 bridgehead atoms. The van der Waals surface area contributed by atoms with Crippen molar-refractivity contribution in [2.75, 3.05) is 0 Å². The molecule has 0 aliphatic heterocycles. The molecule has 0 fully saturated rings. The van der Waals surface area contributed by atoms with Crippen LogP contribution in [0.1, 0.15) is 26.4 Å². The second-order valence-electron chi connectivity index (χ2n) is 5.19. The van der Waals surface area contributed by atoms with Crippen molar-refractivity contribution >= 4 is 28.3 Å². The van der Waals surface area contributed by atoms with Gasteiger partial charge < -0.3 is 14.3 Å². The fourth-order valence-corrected chi connectivity index (χ4v) is 3.14. The number of phenols is 1. The quantitative estimate of drug-likeness (QED) is 0.587. The van der Waals surface area contributed by atoms with Gasteiger partial charge in [0.2, 0.25) is 0 Å². The Morgan fingerprint density at radius 1 is 1.30 bits per heavy atom. The first-order valence-electron chi connectivity index (χ1n) is 6.94. The molecule has 0 saturated heterocycles. The number of carbonyl (C=O) groups is 1. The average Bonchev–Trinajstić information content (AvgIpc) is 2.95. The summed E-state index contributed by atoms with van der Waals surface area (Å²) >= 11 is 1.32. The number of esters is 1. The number of hydrogen-bond donors (Lipinski definition) is 1. The van der Waals surface area contributed by atoms with Gasteiger partial charge in [-0.25, -0.2) is 9.59 Å². The van der Waals surface area contributed by atoms with Crippen LogP contribution in [0.5, 0.6) is 5.75 Å². The van der Waals surface area contributed by atoms with E-state index in [1.807, 2.05) is 18.4 Å². The minimum Gasteiger partial charge on any atom is -0.508 e. The molecule has 3 rings (SSSR count). The zero-order valence-corrected chi connectivity index (χ0v) is 13.4. The summed E-state index contributed by atoms with van der Waals surface area (Å²) in [5.74, 6) is -0.376. The van der Waals surface area contributed by atoms with Crippen LogP contribution in [-0.4, -0.2) is 11.1 Å². The predicted molar refractivity (Wildman–Crippen MR) is 87.1 cm³/mol. The van der Waals surface area contributed by atoms with Gasteiger partial charge in [0.15, 0.2) is 0 Å². The maximum atomic E-state index is 12.1. The van der Waals surface area contributed by atoms with Crippen LogP contribution in [-0.2, 0) is 11.3 Å². The highest BCUT2D eigenvalue weighted by Gasteiger charge is 2.15. The molecule has 2 aromatic heterocycles. The van der Waals surface area contributed by atoms with Crippen molar-refractivity contribution in [3.05, 3.63) is 61.6 Å². The summed E-state index contributed by atoms with van der Waals surface area (Å²) in [6.07, 6.45) is 0. The lowest BCUT2D eigenvalue weighted by Gasteiger charge is -2.09. The van der Waals surface area contributed by atoms with Crippen molar-refractivity contribution in [3.63, 3.8) is 0 Å². The molecule has 0 saturated carbocycles. The average molecular weight is 330 g/mol. The summed E-state index contributed by atoms with van der Waals surface area (Å²) in [6.45, 7) is 3.46. The van der Waals surface area contributed by atoms with Crippen LogP contribution in [0.3, 0.4) is 0 Å². The van der Waals surface area contributed by atoms with Gasteiger partial charge in [0, 0.05) is 22.6 Å². The van der Waals surface area contributed by atoms with E-state index in [4.69, 9.17) is 9.15 Å². The summed E-state index contributed by atoms with van der Waals surface area (Å²) in [5, 5.41) is 12.2. The van der Waals surface area contributed by atoms with E-state index in [2.05, 4.69) is 0 Å². The molecule has 2 heterocycles. The number of rotatable bonds is 3. The van der Waals surface area contributed by atoms with Crippen molar-refractivity contribution < 1.29 is 19.1 Å². The number of benzene rings is 1. The minimum absolute atomic E-state index is 0.0392. The Bertz CT molecular complexity index is 951. The molecular weight excluding hydrogens is 316 g/mol. The fraction of sp³-hybridized carbons (Fsp3) is 0.176. The molecule has 1 aromatic carbocycles. The summed E-state index contributed by atoms with van der Waals surface area (Å²) < 4.78 is 10.5. The Kier molecular flexibility index (Phi) is 3.92. The van der Waals surface area contributed by atoms with Gasteiger partial charge in [-0.3, -0.25) is 0 Å². The van der Waals surface area contributed by atoms with Gasteiger partial charge >= 0.3 is 11.6 Å². The van der Waals surface area contributed by atoms with Crippen LogP contribution in [0.15, 0.2) is 38.9 Å². The van der Waals surface area contributed by atoms with Crippen LogP contribution in [0.25, 0.3) is 11.0 Å². The molecule has 6 heteroatoms. The lowest BCUT2D eigenvalue weighted by Crippen LogP contribution is -2.08. The second kappa shape index (κ2) is 5.89. The summed E-state index contributed by atoms with van der Waals surface area (Å²) in [7, 11) is 0. The van der Waals surface area contributed by atoms with E-state index in [1.165, 1.54) is 23.5 Å². The van der Waals surface area contributed by atoms with E-state index in [-0.39, 0.29) is 12.4 Å². The Morgan fingerprint density at radius 3 is 2.78 bits per heavy atom. The number of thiophene rings is 1. The SMILES string of the molecule is Cc1ccsc1C(=O)OCc1cc(=O)oc2c(C)c(O)ccc12. The van der Waals surface area contributed by atoms with Crippen molar-refractivity contribution in [1.29, 1.82) is 0 Å². The highest BCUT2D eigenvalue weighted by molar-refractivity contribution is 7.12. The summed E-state index contributed by atoms with van der Waals surface area (Å²) in [6, 6.07) is 6.31. The van der Waals surface area contributed by atoms with Crippen molar-refractivity contribution in [2.45, 2.75) is 20.5 Å². The molecule has 0 aliphatic rings. The fourth-order valence-electron chi connectivity index (χ4n) is 2.33. The lowest BCUT2D eigenvalue weighted by atomic mass is 10.1. The third-order valence-corrected chi connectivity index (χ3v) is 4.62. The number of hydrogen-bond acceptors (Lipinski definition) is 6. The van der Waals surface area contributed by atoms with Gasteiger partial charge in [0.05, 0.1) is 0 Å². The number of aryl methyl sites for hydroxylation is 2. The zero-order valence-electron chi connectivity index (χ0n) is 12.6. The molecule has 0 unspecified atom stereocenters. The smallest absolute Gasteiger partial charge is 0.348 e. The van der Waals surface area contributed by atoms with Gasteiger partial charge in [-0.05, 0) is 43.0 Å². The summed E-state index contributed by atoms with van der Waals surface area (Å²) in [4.78, 5) is 24.3. The Balaban J connectivity index is 1.94. The molecule has 0 atom stereocenters. The molecular formula is C17H14O5S. The first-order valence-corrected chi connectivity index (χ1v) is 7.82. The molecule has 23 heavy (non-hydrogen) atoms. The van der Waals surface area contributed by atoms with Crippen LogP contribution < -0.4 is 5.63 Å². The Morgan fingerprint density at radius 2 is 2.09 bits per heavy atom. The second-order valence-corrected chi connectivity index (χ2v) is 6.10. The number of carbonyl (C=O) groups excluding carboxylic acids is 1. The number of fused-ring (bicyclic) bond motifs is 1. The van der Waals surface area contributed by atoms with E-state index >= 15 is 0 Å². The third-order valence-electron chi connectivity index (χ3n) is 3.62. The topological polar surface area (TPSA) is 76.7 Å². The van der Waals surface area contributed by atoms with Gasteiger partial charge in [-0.1, -0.05) is 0 Å². The summed E-state index contributed by atoms with van der Waals surface area (Å²) in [5.41, 5.74) is 1.63. The molecule has 5 nitrogen and oxygen atoms in total. The van der Waals surface area contributed by atoms with Crippen LogP contribution in [0.4, 0.5) is 0 Å². The van der Waals surface area contributed by atoms with Gasteiger partial charge in [-0.15, -0.1) is 11.3 Å². The molecule has 0 aliphatic carbocycles. The molecule has 1 N–H and O–H groups in total. The third kappa shape index (κ3) is 2.85. The van der Waals surface area contributed by atoms with Crippen LogP contribution in [0, 0.1) is 13.8 Å². The van der Waals surface area contributed by atoms with E-state index in [1.54, 1.807) is 13.0 Å². The zero-order chi connectivity index (χ0) is 16.6. The first kappa shape index (κ1) is 15.3. The highest BCUT2D eigenvalue weighted by Crippen LogP contribution is 2.28. The normalized spacial score (nSPS) is 10.9. The van der Waals surface area contributed by atoms with Crippen molar-refractivity contribution in [3.8, 4) is 5.75 Å². The number of ether oxygens (including phenoxy) is 1. The van der Waals surface area contributed by atoms with E-state index in [0.29, 0.717) is 27.0 Å². The lowest BCUT2D eigenvalue weighted by molar-refractivity contribution is 0.0479. The highest BCUT2D eigenvalue weighted by atomic mass is 32.1. The maximum Gasteiger partial charge on any atom is 0.348 e. The molecule has 3 aromatic rings. The largest absolute Gasteiger partial charge is 0.508 e. The van der Waals surface area contributed by atoms with Crippen LogP contribution >= 0.6 is 11.3 Å². The molecule has 118 valence electrons. The monoisotopic (exact) mass is 330 g/mol. The number of aromatic hydroxyl groups is 1. The van der Waals surface area contributed by atoms with Crippen molar-refractivity contribution in [2.24, 2.45) is 0 Å². The Hall–Kier alpha value is -2.60. The molecule has 0 radical (unpaired) electrons. The van der Waals surface area contributed by atoms with Gasteiger partial charge in [0.25, 0.3) is 0 Å². The molecule has 0 spiro atoms. The van der Waals surface area contributed by atoms with Gasteiger partial charge in [-0.2, -0.15) is 0 Å². The van der Waals surface area contributed by atoms with E-state index < -0.39 is 11.6 Å². The van der Waals surface area contributed by atoms with Gasteiger partial charge in [0.1, 0.15) is 22.8 Å². The standard InChI is InChI=1S/C17H14O5S/c1-9-5-6-23-16(9)17(20)21-8-11-7-14(19)22-15-10(2)13(18)4-3-12(11)15/h3-7,18H,8H2,1-2H3.